The monoisotopic (exact) mass is 181 g/mol. The summed E-state index contributed by atoms with van der Waals surface area (Å²) in [6.07, 6.45) is 1.05. The Labute approximate surface area is 90.2 Å². The molecule has 0 unspecified atom stereocenters. The number of rotatable bonds is 2. The van der Waals surface area contributed by atoms with Gasteiger partial charge in [-0.2, -0.15) is 9.37 Å². The summed E-state index contributed by atoms with van der Waals surface area (Å²) >= 11 is 0. The molecule has 0 bridgehead atoms. The second-order valence-corrected chi connectivity index (χ2v) is 1.66. The third kappa shape index (κ3) is 2.72. The third-order valence-corrected chi connectivity index (χ3v) is 0.952. The number of aromatic amines is 1. The van der Waals surface area contributed by atoms with Gasteiger partial charge in [0.15, 0.2) is 0 Å². The molecule has 1 amide bonds. The number of carbonyl (C=O) groups excluding carboxylic acids is 1. The maximum absolute atomic E-state index is 12.2. The van der Waals surface area contributed by atoms with Gasteiger partial charge in [0.05, 0.1) is 6.20 Å². The Morgan fingerprint density at radius 2 is 2.42 bits per heavy atom. The molecule has 1 heterocycles. The van der Waals surface area contributed by atoms with E-state index in [4.69, 9.17) is 0 Å². The number of amides is 1. The second kappa shape index (κ2) is 5.02. The molecular formula is C5H5FN3NaO2. The molecule has 0 aliphatic rings. The van der Waals surface area contributed by atoms with Crippen LogP contribution in [0.25, 0.3) is 0 Å². The molecule has 0 saturated carbocycles. The molecule has 2 N–H and O–H groups in total. The van der Waals surface area contributed by atoms with Gasteiger partial charge in [-0.3, -0.25) is 9.59 Å². The van der Waals surface area contributed by atoms with Gasteiger partial charge in [-0.25, -0.2) is 0 Å². The fourth-order valence-electron chi connectivity index (χ4n) is 0.537. The fourth-order valence-corrected chi connectivity index (χ4v) is 0.537. The van der Waals surface area contributed by atoms with E-state index in [1.54, 1.807) is 0 Å². The van der Waals surface area contributed by atoms with Gasteiger partial charge < -0.3 is 11.7 Å². The topological polar surface area (TPSA) is 74.8 Å². The molecule has 12 heavy (non-hydrogen) atoms. The Bertz CT molecular complexity index is 332. The van der Waals surface area contributed by atoms with Crippen LogP contribution in [-0.4, -0.2) is 16.4 Å². The van der Waals surface area contributed by atoms with Crippen LogP contribution >= 0.6 is 0 Å². The Balaban J connectivity index is 0. The zero-order valence-electron chi connectivity index (χ0n) is 7.30. The van der Waals surface area contributed by atoms with Crippen molar-refractivity contribution in [1.82, 2.24) is 9.97 Å². The van der Waals surface area contributed by atoms with E-state index >= 15 is 0 Å². The second-order valence-electron chi connectivity index (χ2n) is 1.66. The fraction of sp³-hybridized carbons (Fsp3) is 0. The molecule has 0 aromatic carbocycles. The Morgan fingerprint density at radius 3 is 3.00 bits per heavy atom. The van der Waals surface area contributed by atoms with E-state index < -0.39 is 11.5 Å². The van der Waals surface area contributed by atoms with Gasteiger partial charge in [0, 0.05) is 0 Å². The third-order valence-electron chi connectivity index (χ3n) is 0.952. The van der Waals surface area contributed by atoms with Gasteiger partial charge in [0.1, 0.15) is 0 Å². The maximum Gasteiger partial charge on any atom is 1.00 e. The van der Waals surface area contributed by atoms with Gasteiger partial charge in [-0.15, -0.1) is 0 Å². The van der Waals surface area contributed by atoms with Crippen molar-refractivity contribution in [3.63, 3.8) is 0 Å². The van der Waals surface area contributed by atoms with Crippen LogP contribution in [0.2, 0.25) is 0 Å². The smallest absolute Gasteiger partial charge is 1.00 e. The summed E-state index contributed by atoms with van der Waals surface area (Å²) < 4.78 is 12.2. The number of carbonyl (C=O) groups is 1. The van der Waals surface area contributed by atoms with Crippen molar-refractivity contribution in [3.8, 4) is 0 Å². The van der Waals surface area contributed by atoms with Gasteiger partial charge in [0.25, 0.3) is 5.56 Å². The zero-order chi connectivity index (χ0) is 8.27. The number of hydrogen-bond acceptors (Lipinski definition) is 3. The number of anilines is 1. The first-order valence-electron chi connectivity index (χ1n) is 2.69. The average molecular weight is 181 g/mol. The van der Waals surface area contributed by atoms with Crippen molar-refractivity contribution in [2.45, 2.75) is 0 Å². The van der Waals surface area contributed by atoms with Crippen LogP contribution in [0.3, 0.4) is 0 Å². The number of halogens is 1. The van der Waals surface area contributed by atoms with Crippen LogP contribution in [0.5, 0.6) is 0 Å². The van der Waals surface area contributed by atoms with E-state index in [1.807, 2.05) is 10.3 Å². The molecule has 0 aliphatic heterocycles. The zero-order valence-corrected chi connectivity index (χ0v) is 8.30. The summed E-state index contributed by atoms with van der Waals surface area (Å²) in [6.45, 7) is 0. The predicted molar refractivity (Wildman–Crippen MR) is 35.6 cm³/mol. The molecule has 0 aliphatic carbocycles. The van der Waals surface area contributed by atoms with E-state index in [-0.39, 0.29) is 43.2 Å². The Hall–Kier alpha value is -0.720. The van der Waals surface area contributed by atoms with Crippen molar-refractivity contribution in [3.05, 3.63) is 22.5 Å². The van der Waals surface area contributed by atoms with Crippen LogP contribution in [0.1, 0.15) is 1.43 Å². The van der Waals surface area contributed by atoms with Gasteiger partial charge in [0.2, 0.25) is 18.2 Å². The van der Waals surface area contributed by atoms with Crippen LogP contribution < -0.4 is 40.4 Å². The summed E-state index contributed by atoms with van der Waals surface area (Å²) in [6, 6.07) is 0. The first-order valence-corrected chi connectivity index (χ1v) is 2.69. The number of H-pyrrole nitrogens is 1. The van der Waals surface area contributed by atoms with E-state index in [0.29, 0.717) is 0 Å². The minimum atomic E-state index is -0.853. The summed E-state index contributed by atoms with van der Waals surface area (Å²) in [5.41, 5.74) is -0.640. The van der Waals surface area contributed by atoms with Gasteiger partial charge >= 0.3 is 29.6 Å². The van der Waals surface area contributed by atoms with Gasteiger partial charge in [-0.1, -0.05) is 0 Å². The number of hydrogen-bond donors (Lipinski definition) is 2. The van der Waals surface area contributed by atoms with Crippen LogP contribution in [0, 0.1) is 5.95 Å². The molecule has 0 atom stereocenters. The Kier molecular flexibility index (Phi) is 4.72. The van der Waals surface area contributed by atoms with Crippen molar-refractivity contribution in [2.24, 2.45) is 0 Å². The number of nitrogens with one attached hydrogen (secondary N) is 2. The van der Waals surface area contributed by atoms with Gasteiger partial charge in [-0.05, 0) is 0 Å². The summed E-state index contributed by atoms with van der Waals surface area (Å²) in [5.74, 6) is -1.20. The van der Waals surface area contributed by atoms with Crippen LogP contribution in [0.4, 0.5) is 10.2 Å². The molecule has 5 nitrogen and oxygen atoms in total. The number of aromatic nitrogens is 2. The molecule has 1 rings (SSSR count). The average Bonchev–Trinajstić information content (AvgIpc) is 1.98. The largest absolute Gasteiger partial charge is 1.00 e. The molecule has 0 fully saturated rings. The molecule has 0 spiro atoms. The molecule has 1 aromatic heterocycles. The van der Waals surface area contributed by atoms with Crippen molar-refractivity contribution in [1.29, 1.82) is 0 Å². The molecule has 1 aromatic rings. The summed E-state index contributed by atoms with van der Waals surface area (Å²) in [7, 11) is 0. The summed E-state index contributed by atoms with van der Waals surface area (Å²) in [4.78, 5) is 25.6. The van der Waals surface area contributed by atoms with Crippen molar-refractivity contribution in [2.75, 3.05) is 5.32 Å². The standard InChI is InChI=1S/C5H4FN3O2.Na.H/c6-3-1-7-5(11)4(9-3)8-2-10;;/h1-2H,(H,7,11)(H,8,9,10);;/q;+1;-1. The molecule has 0 saturated heterocycles. The molecular weight excluding hydrogens is 176 g/mol. The van der Waals surface area contributed by atoms with E-state index in [1.165, 1.54) is 0 Å². The molecule has 60 valence electrons. The molecule has 7 heteroatoms. The van der Waals surface area contributed by atoms with E-state index in [9.17, 15) is 14.0 Å². The molecule has 0 radical (unpaired) electrons. The normalized spacial score (nSPS) is 8.42. The predicted octanol–water partition coefficient (Wildman–Crippen LogP) is -3.41. The SMILES string of the molecule is O=CNc1nc(F)c[nH]c1=O.[H-].[Na+]. The summed E-state index contributed by atoms with van der Waals surface area (Å²) in [5, 5.41) is 1.94. The minimum Gasteiger partial charge on any atom is -1.00 e. The van der Waals surface area contributed by atoms with Crippen LogP contribution in [-0.2, 0) is 4.79 Å². The van der Waals surface area contributed by atoms with E-state index in [2.05, 4.69) is 4.98 Å². The quantitative estimate of drug-likeness (QED) is 0.369. The first kappa shape index (κ1) is 11.3. The van der Waals surface area contributed by atoms with E-state index in [0.717, 1.165) is 6.20 Å². The van der Waals surface area contributed by atoms with Crippen molar-refractivity contribution >= 4 is 12.2 Å². The van der Waals surface area contributed by atoms with Crippen LogP contribution in [0.15, 0.2) is 11.0 Å². The first-order chi connectivity index (χ1) is 5.24. The van der Waals surface area contributed by atoms with Crippen molar-refractivity contribution < 1.29 is 40.2 Å². The minimum absolute atomic E-state index is 0. The number of nitrogens with zero attached hydrogens (tertiary/aromatic N) is 1. The maximum atomic E-state index is 12.2. The Morgan fingerprint density at radius 1 is 1.75 bits per heavy atom.